The summed E-state index contributed by atoms with van der Waals surface area (Å²) < 4.78 is 0. The Bertz CT molecular complexity index is 529. The van der Waals surface area contributed by atoms with Gasteiger partial charge in [0.25, 0.3) is 0 Å². The average Bonchev–Trinajstić information content (AvgIpc) is 2.44. The topological polar surface area (TPSA) is 79.5 Å². The van der Waals surface area contributed by atoms with Gasteiger partial charge in [-0.05, 0) is 37.0 Å². The molecular formula is C17H27IN4O. The number of benzene rings is 1. The fourth-order valence-corrected chi connectivity index (χ4v) is 2.29. The lowest BCUT2D eigenvalue weighted by atomic mass is 9.85. The molecular weight excluding hydrogens is 403 g/mol. The Morgan fingerprint density at radius 1 is 1.39 bits per heavy atom. The number of nitrogens with one attached hydrogen (secondary N) is 2. The number of unbranched alkanes of at least 4 members (excludes halogenated alkanes) is 1. The number of nitrogens with two attached hydrogens (primary N) is 1. The van der Waals surface area contributed by atoms with E-state index in [0.717, 1.165) is 49.9 Å². The summed E-state index contributed by atoms with van der Waals surface area (Å²) >= 11 is 0. The van der Waals surface area contributed by atoms with Gasteiger partial charge in [-0.15, -0.1) is 24.0 Å². The Labute approximate surface area is 155 Å². The van der Waals surface area contributed by atoms with Crippen molar-refractivity contribution in [3.63, 3.8) is 0 Å². The largest absolute Gasteiger partial charge is 0.370 e. The predicted octanol–water partition coefficient (Wildman–Crippen LogP) is 3.25. The predicted molar refractivity (Wildman–Crippen MR) is 106 cm³/mol. The molecule has 0 heterocycles. The number of amides is 1. The van der Waals surface area contributed by atoms with E-state index in [0.29, 0.717) is 12.5 Å². The van der Waals surface area contributed by atoms with Crippen molar-refractivity contribution in [2.75, 3.05) is 11.9 Å². The molecule has 0 unspecified atom stereocenters. The van der Waals surface area contributed by atoms with Gasteiger partial charge in [0, 0.05) is 18.2 Å². The van der Waals surface area contributed by atoms with Gasteiger partial charge in [-0.25, -0.2) is 4.99 Å². The van der Waals surface area contributed by atoms with E-state index in [1.165, 1.54) is 0 Å². The number of anilines is 1. The number of hydrogen-bond donors (Lipinski definition) is 3. The van der Waals surface area contributed by atoms with Crippen LogP contribution in [0.1, 0.15) is 44.6 Å². The van der Waals surface area contributed by atoms with E-state index in [2.05, 4.69) is 22.5 Å². The summed E-state index contributed by atoms with van der Waals surface area (Å²) in [5.41, 5.74) is 7.68. The van der Waals surface area contributed by atoms with E-state index in [1.54, 1.807) is 0 Å². The normalized spacial score (nSPS) is 14.6. The van der Waals surface area contributed by atoms with Crippen LogP contribution in [-0.2, 0) is 11.3 Å². The van der Waals surface area contributed by atoms with E-state index in [9.17, 15) is 4.79 Å². The van der Waals surface area contributed by atoms with Gasteiger partial charge in [-0.3, -0.25) is 4.79 Å². The monoisotopic (exact) mass is 430 g/mol. The number of carbonyl (C=O) groups is 1. The maximum Gasteiger partial charge on any atom is 0.227 e. The minimum Gasteiger partial charge on any atom is -0.370 e. The van der Waals surface area contributed by atoms with Gasteiger partial charge in [0.15, 0.2) is 5.96 Å². The molecule has 1 amide bonds. The van der Waals surface area contributed by atoms with Crippen molar-refractivity contribution in [3.05, 3.63) is 29.8 Å². The maximum absolute atomic E-state index is 12.0. The van der Waals surface area contributed by atoms with E-state index >= 15 is 0 Å². The van der Waals surface area contributed by atoms with Crippen LogP contribution in [0, 0.1) is 5.92 Å². The molecule has 0 saturated heterocycles. The van der Waals surface area contributed by atoms with Gasteiger partial charge >= 0.3 is 0 Å². The molecule has 128 valence electrons. The second-order valence-corrected chi connectivity index (χ2v) is 5.80. The molecule has 5 nitrogen and oxygen atoms in total. The van der Waals surface area contributed by atoms with E-state index < -0.39 is 0 Å². The van der Waals surface area contributed by atoms with Crippen LogP contribution in [0.15, 0.2) is 29.3 Å². The molecule has 1 aromatic carbocycles. The van der Waals surface area contributed by atoms with Crippen molar-refractivity contribution in [1.82, 2.24) is 5.32 Å². The molecule has 6 heteroatoms. The van der Waals surface area contributed by atoms with Crippen LogP contribution in [0.5, 0.6) is 0 Å². The lowest BCUT2D eigenvalue weighted by Gasteiger charge is -2.24. The highest BCUT2D eigenvalue weighted by molar-refractivity contribution is 14.0. The minimum absolute atomic E-state index is 0. The third kappa shape index (κ3) is 6.76. The molecule has 1 fully saturated rings. The van der Waals surface area contributed by atoms with Gasteiger partial charge < -0.3 is 16.4 Å². The van der Waals surface area contributed by atoms with Gasteiger partial charge in [-0.2, -0.15) is 0 Å². The zero-order valence-electron chi connectivity index (χ0n) is 13.7. The number of carbonyl (C=O) groups excluding carboxylic acids is 1. The van der Waals surface area contributed by atoms with Crippen LogP contribution in [0.4, 0.5) is 5.69 Å². The Kier molecular flexibility index (Phi) is 8.98. The standard InChI is InChI=1S/C17H26N4O.HI/c1-2-3-10-19-17(18)20-12-13-6-4-9-15(11-13)21-16(22)14-7-5-8-14;/h4,6,9,11,14H,2-3,5,7-8,10,12H2,1H3,(H,21,22)(H3,18,19,20);1H. The lowest BCUT2D eigenvalue weighted by Crippen LogP contribution is -2.32. The van der Waals surface area contributed by atoms with Crippen molar-refractivity contribution in [1.29, 1.82) is 0 Å². The van der Waals surface area contributed by atoms with Gasteiger partial charge in [0.05, 0.1) is 6.54 Å². The molecule has 4 N–H and O–H groups in total. The van der Waals surface area contributed by atoms with Crippen LogP contribution >= 0.6 is 24.0 Å². The fourth-order valence-electron chi connectivity index (χ4n) is 2.29. The molecule has 2 rings (SSSR count). The summed E-state index contributed by atoms with van der Waals surface area (Å²) in [5.74, 6) is 0.796. The Balaban J connectivity index is 0.00000264. The van der Waals surface area contributed by atoms with Gasteiger partial charge in [0.1, 0.15) is 0 Å². The first-order valence-electron chi connectivity index (χ1n) is 8.12. The highest BCUT2D eigenvalue weighted by Gasteiger charge is 2.25. The van der Waals surface area contributed by atoms with Crippen molar-refractivity contribution < 1.29 is 4.79 Å². The SMILES string of the molecule is CCCCNC(N)=NCc1cccc(NC(=O)C2CCC2)c1.I. The summed E-state index contributed by atoms with van der Waals surface area (Å²) in [7, 11) is 0. The number of guanidine groups is 1. The van der Waals surface area contributed by atoms with Crippen LogP contribution in [0.3, 0.4) is 0 Å². The quantitative estimate of drug-likeness (QED) is 0.269. The van der Waals surface area contributed by atoms with E-state index in [1.807, 2.05) is 24.3 Å². The van der Waals surface area contributed by atoms with Crippen LogP contribution in [0.25, 0.3) is 0 Å². The third-order valence-electron chi connectivity index (χ3n) is 3.94. The molecule has 0 bridgehead atoms. The lowest BCUT2D eigenvalue weighted by molar-refractivity contribution is -0.122. The molecule has 0 spiro atoms. The highest BCUT2D eigenvalue weighted by atomic mass is 127. The smallest absolute Gasteiger partial charge is 0.227 e. The molecule has 1 saturated carbocycles. The number of aliphatic imine (C=N–C) groups is 1. The number of halogens is 1. The van der Waals surface area contributed by atoms with Crippen LogP contribution in [0.2, 0.25) is 0 Å². The summed E-state index contributed by atoms with van der Waals surface area (Å²) in [6.45, 7) is 3.50. The molecule has 0 atom stereocenters. The molecule has 0 aromatic heterocycles. The zero-order chi connectivity index (χ0) is 15.8. The maximum atomic E-state index is 12.0. The fraction of sp³-hybridized carbons (Fsp3) is 0.529. The summed E-state index contributed by atoms with van der Waals surface area (Å²) in [4.78, 5) is 16.3. The molecule has 1 aliphatic carbocycles. The Hall–Kier alpha value is -1.31. The summed E-state index contributed by atoms with van der Waals surface area (Å²) in [6.07, 6.45) is 5.39. The first-order chi connectivity index (χ1) is 10.7. The molecule has 1 aliphatic rings. The Morgan fingerprint density at radius 2 is 2.17 bits per heavy atom. The summed E-state index contributed by atoms with van der Waals surface area (Å²) in [5, 5.41) is 6.07. The van der Waals surface area contributed by atoms with Crippen molar-refractivity contribution >= 4 is 41.5 Å². The second kappa shape index (κ2) is 10.5. The second-order valence-electron chi connectivity index (χ2n) is 5.80. The van der Waals surface area contributed by atoms with Crippen LogP contribution in [-0.4, -0.2) is 18.4 Å². The molecule has 23 heavy (non-hydrogen) atoms. The number of hydrogen-bond acceptors (Lipinski definition) is 2. The van der Waals surface area contributed by atoms with Crippen molar-refractivity contribution in [2.24, 2.45) is 16.6 Å². The molecule has 0 aliphatic heterocycles. The molecule has 1 aromatic rings. The van der Waals surface area contributed by atoms with Crippen LogP contribution < -0.4 is 16.4 Å². The van der Waals surface area contributed by atoms with Gasteiger partial charge in [0.2, 0.25) is 5.91 Å². The third-order valence-corrected chi connectivity index (χ3v) is 3.94. The number of rotatable bonds is 7. The summed E-state index contributed by atoms with van der Waals surface area (Å²) in [6, 6.07) is 7.79. The highest BCUT2D eigenvalue weighted by Crippen LogP contribution is 2.27. The average molecular weight is 430 g/mol. The Morgan fingerprint density at radius 3 is 2.83 bits per heavy atom. The zero-order valence-corrected chi connectivity index (χ0v) is 16.0. The van der Waals surface area contributed by atoms with E-state index in [-0.39, 0.29) is 35.8 Å². The first kappa shape index (κ1) is 19.7. The van der Waals surface area contributed by atoms with Crippen molar-refractivity contribution in [2.45, 2.75) is 45.6 Å². The minimum atomic E-state index is 0. The van der Waals surface area contributed by atoms with Crippen molar-refractivity contribution in [3.8, 4) is 0 Å². The molecule has 0 radical (unpaired) electrons. The van der Waals surface area contributed by atoms with Gasteiger partial charge in [-0.1, -0.05) is 31.9 Å². The van der Waals surface area contributed by atoms with E-state index in [4.69, 9.17) is 5.73 Å². The number of nitrogens with zero attached hydrogens (tertiary/aromatic N) is 1. The first-order valence-corrected chi connectivity index (χ1v) is 8.12.